The number of nitrogens with one attached hydrogen (secondary N) is 1. The van der Waals surface area contributed by atoms with Gasteiger partial charge in [0.05, 0.1) is 0 Å². The molecule has 0 aromatic heterocycles. The van der Waals surface area contributed by atoms with Crippen LogP contribution in [-0.2, 0) is 0 Å². The summed E-state index contributed by atoms with van der Waals surface area (Å²) in [7, 11) is 0. The van der Waals surface area contributed by atoms with E-state index in [0.717, 1.165) is 24.3 Å². The van der Waals surface area contributed by atoms with Crippen LogP contribution in [0, 0.1) is 17.8 Å². The fraction of sp³-hybridized carbons (Fsp3) is 1.00. The Bertz CT molecular complexity index is 184. The molecular formula is C15H29N. The van der Waals surface area contributed by atoms with Crippen molar-refractivity contribution in [3.63, 3.8) is 0 Å². The van der Waals surface area contributed by atoms with Crippen LogP contribution in [0.25, 0.3) is 0 Å². The molecule has 0 aromatic carbocycles. The standard InChI is InChI=1S/C15H29N/c1-2-16-12-15-10-6-5-9-14(15)11-13-7-3-4-8-13/h13-16H,2-12H2,1H3. The lowest BCUT2D eigenvalue weighted by Gasteiger charge is -2.33. The minimum Gasteiger partial charge on any atom is -0.317 e. The summed E-state index contributed by atoms with van der Waals surface area (Å²) < 4.78 is 0. The Kier molecular flexibility index (Phi) is 5.15. The quantitative estimate of drug-likeness (QED) is 0.743. The molecule has 2 atom stereocenters. The van der Waals surface area contributed by atoms with Crippen LogP contribution < -0.4 is 5.32 Å². The van der Waals surface area contributed by atoms with Crippen LogP contribution in [0.1, 0.15) is 64.7 Å². The average Bonchev–Trinajstić information content (AvgIpc) is 2.81. The molecule has 1 nitrogen and oxygen atoms in total. The molecule has 16 heavy (non-hydrogen) atoms. The van der Waals surface area contributed by atoms with Gasteiger partial charge in [0.25, 0.3) is 0 Å². The van der Waals surface area contributed by atoms with Gasteiger partial charge in [-0.2, -0.15) is 0 Å². The maximum atomic E-state index is 3.57. The molecular weight excluding hydrogens is 194 g/mol. The first-order valence-electron chi connectivity index (χ1n) is 7.61. The van der Waals surface area contributed by atoms with Crippen LogP contribution >= 0.6 is 0 Å². The van der Waals surface area contributed by atoms with Crippen LogP contribution in [-0.4, -0.2) is 13.1 Å². The predicted octanol–water partition coefficient (Wildman–Crippen LogP) is 3.98. The third kappa shape index (κ3) is 3.48. The summed E-state index contributed by atoms with van der Waals surface area (Å²) in [5, 5.41) is 3.57. The molecule has 2 aliphatic carbocycles. The molecule has 0 aliphatic heterocycles. The van der Waals surface area contributed by atoms with Gasteiger partial charge in [-0.1, -0.05) is 51.9 Å². The van der Waals surface area contributed by atoms with Gasteiger partial charge < -0.3 is 5.32 Å². The van der Waals surface area contributed by atoms with Gasteiger partial charge in [-0.15, -0.1) is 0 Å². The van der Waals surface area contributed by atoms with E-state index in [2.05, 4.69) is 12.2 Å². The maximum absolute atomic E-state index is 3.57. The first kappa shape index (κ1) is 12.4. The second-order valence-corrected chi connectivity index (χ2v) is 6.00. The molecule has 2 fully saturated rings. The predicted molar refractivity (Wildman–Crippen MR) is 70.6 cm³/mol. The van der Waals surface area contributed by atoms with E-state index in [9.17, 15) is 0 Å². The van der Waals surface area contributed by atoms with Crippen molar-refractivity contribution in [1.29, 1.82) is 0 Å². The van der Waals surface area contributed by atoms with E-state index in [1.165, 1.54) is 57.9 Å². The van der Waals surface area contributed by atoms with Crippen molar-refractivity contribution in [2.24, 2.45) is 17.8 Å². The lowest BCUT2D eigenvalue weighted by molar-refractivity contribution is 0.192. The molecule has 0 bridgehead atoms. The van der Waals surface area contributed by atoms with Crippen molar-refractivity contribution in [2.75, 3.05) is 13.1 Å². The van der Waals surface area contributed by atoms with Crippen molar-refractivity contribution in [3.05, 3.63) is 0 Å². The minimum atomic E-state index is 0.995. The van der Waals surface area contributed by atoms with Crippen molar-refractivity contribution >= 4 is 0 Å². The molecule has 0 spiro atoms. The van der Waals surface area contributed by atoms with E-state index < -0.39 is 0 Å². The Labute approximate surface area is 101 Å². The SMILES string of the molecule is CCNCC1CCCCC1CC1CCCC1. The molecule has 0 aromatic rings. The van der Waals surface area contributed by atoms with E-state index in [1.807, 2.05) is 0 Å². The van der Waals surface area contributed by atoms with Crippen molar-refractivity contribution in [1.82, 2.24) is 5.32 Å². The number of hydrogen-bond donors (Lipinski definition) is 1. The molecule has 0 radical (unpaired) electrons. The largest absolute Gasteiger partial charge is 0.317 e. The summed E-state index contributed by atoms with van der Waals surface area (Å²) in [6, 6.07) is 0. The normalized spacial score (nSPS) is 32.1. The Morgan fingerprint density at radius 1 is 0.875 bits per heavy atom. The van der Waals surface area contributed by atoms with Gasteiger partial charge in [-0.25, -0.2) is 0 Å². The smallest absolute Gasteiger partial charge is 0.00180 e. The highest BCUT2D eigenvalue weighted by molar-refractivity contribution is 4.80. The summed E-state index contributed by atoms with van der Waals surface area (Å²) >= 11 is 0. The lowest BCUT2D eigenvalue weighted by atomic mass is 9.74. The van der Waals surface area contributed by atoms with Crippen LogP contribution in [0.5, 0.6) is 0 Å². The molecule has 94 valence electrons. The van der Waals surface area contributed by atoms with E-state index in [1.54, 1.807) is 6.42 Å². The van der Waals surface area contributed by atoms with Gasteiger partial charge in [0.1, 0.15) is 0 Å². The summed E-state index contributed by atoms with van der Waals surface area (Å²) in [4.78, 5) is 0. The maximum Gasteiger partial charge on any atom is -0.00180 e. The first-order chi connectivity index (χ1) is 7.90. The summed E-state index contributed by atoms with van der Waals surface area (Å²) in [5.74, 6) is 3.14. The third-order valence-corrected chi connectivity index (χ3v) is 4.83. The van der Waals surface area contributed by atoms with Crippen LogP contribution in [0.4, 0.5) is 0 Å². The lowest BCUT2D eigenvalue weighted by Crippen LogP contribution is -2.31. The molecule has 2 saturated carbocycles. The molecule has 2 aliphatic rings. The fourth-order valence-corrected chi connectivity index (χ4v) is 3.87. The Morgan fingerprint density at radius 3 is 2.19 bits per heavy atom. The molecule has 1 heteroatoms. The number of rotatable bonds is 5. The molecule has 0 saturated heterocycles. The molecule has 1 N–H and O–H groups in total. The van der Waals surface area contributed by atoms with Crippen LogP contribution in [0.15, 0.2) is 0 Å². The average molecular weight is 223 g/mol. The zero-order valence-corrected chi connectivity index (χ0v) is 11.0. The zero-order valence-electron chi connectivity index (χ0n) is 11.0. The minimum absolute atomic E-state index is 0.995. The summed E-state index contributed by atoms with van der Waals surface area (Å²) in [6.07, 6.45) is 13.6. The molecule has 0 amide bonds. The highest BCUT2D eigenvalue weighted by atomic mass is 14.8. The highest BCUT2D eigenvalue weighted by Crippen LogP contribution is 2.38. The van der Waals surface area contributed by atoms with E-state index >= 15 is 0 Å². The Morgan fingerprint density at radius 2 is 1.50 bits per heavy atom. The first-order valence-corrected chi connectivity index (χ1v) is 7.61. The summed E-state index contributed by atoms with van der Waals surface area (Å²) in [5.41, 5.74) is 0. The van der Waals surface area contributed by atoms with Gasteiger partial charge in [-0.3, -0.25) is 0 Å². The zero-order chi connectivity index (χ0) is 11.2. The third-order valence-electron chi connectivity index (χ3n) is 4.83. The van der Waals surface area contributed by atoms with Crippen LogP contribution in [0.2, 0.25) is 0 Å². The van der Waals surface area contributed by atoms with E-state index in [0.29, 0.717) is 0 Å². The monoisotopic (exact) mass is 223 g/mol. The Hall–Kier alpha value is -0.0400. The van der Waals surface area contributed by atoms with E-state index in [4.69, 9.17) is 0 Å². The fourth-order valence-electron chi connectivity index (χ4n) is 3.87. The molecule has 2 rings (SSSR count). The van der Waals surface area contributed by atoms with Gasteiger partial charge in [0.2, 0.25) is 0 Å². The second kappa shape index (κ2) is 6.64. The molecule has 2 unspecified atom stereocenters. The topological polar surface area (TPSA) is 12.0 Å². The van der Waals surface area contributed by atoms with Crippen molar-refractivity contribution in [2.45, 2.75) is 64.7 Å². The van der Waals surface area contributed by atoms with Gasteiger partial charge in [0, 0.05) is 0 Å². The van der Waals surface area contributed by atoms with Gasteiger partial charge in [0.15, 0.2) is 0 Å². The van der Waals surface area contributed by atoms with Crippen LogP contribution in [0.3, 0.4) is 0 Å². The molecule has 0 heterocycles. The highest BCUT2D eigenvalue weighted by Gasteiger charge is 2.28. The number of hydrogen-bond acceptors (Lipinski definition) is 1. The van der Waals surface area contributed by atoms with Gasteiger partial charge in [-0.05, 0) is 43.7 Å². The van der Waals surface area contributed by atoms with Crippen molar-refractivity contribution in [3.8, 4) is 0 Å². The van der Waals surface area contributed by atoms with Crippen molar-refractivity contribution < 1.29 is 0 Å². The van der Waals surface area contributed by atoms with Gasteiger partial charge >= 0.3 is 0 Å². The summed E-state index contributed by atoms with van der Waals surface area (Å²) in [6.45, 7) is 4.66. The van der Waals surface area contributed by atoms with E-state index in [-0.39, 0.29) is 0 Å². The Balaban J connectivity index is 1.78. The second-order valence-electron chi connectivity index (χ2n) is 6.00.